The molecule has 19 heavy (non-hydrogen) atoms. The van der Waals surface area contributed by atoms with Gasteiger partial charge < -0.3 is 10.2 Å². The molecule has 2 N–H and O–H groups in total. The van der Waals surface area contributed by atoms with Crippen LogP contribution in [0.1, 0.15) is 6.42 Å². The predicted molar refractivity (Wildman–Crippen MR) is 78.4 cm³/mol. The van der Waals surface area contributed by atoms with Crippen LogP contribution in [0.15, 0.2) is 16.3 Å². The van der Waals surface area contributed by atoms with Crippen molar-refractivity contribution in [3.63, 3.8) is 0 Å². The van der Waals surface area contributed by atoms with Crippen molar-refractivity contribution in [2.45, 2.75) is 10.6 Å². The highest BCUT2D eigenvalue weighted by molar-refractivity contribution is 7.91. The molecule has 2 heterocycles. The number of halogens is 1. The maximum Gasteiger partial charge on any atom is 0.250 e. The van der Waals surface area contributed by atoms with Gasteiger partial charge in [-0.2, -0.15) is 0 Å². The van der Waals surface area contributed by atoms with Crippen LogP contribution in [-0.4, -0.2) is 52.6 Å². The van der Waals surface area contributed by atoms with Crippen LogP contribution in [0.25, 0.3) is 0 Å². The first-order valence-electron chi connectivity index (χ1n) is 6.26. The van der Waals surface area contributed by atoms with Crippen LogP contribution >= 0.6 is 22.9 Å². The molecule has 0 amide bonds. The number of nitrogens with zero attached hydrogens (tertiary/aromatic N) is 1. The summed E-state index contributed by atoms with van der Waals surface area (Å²) < 4.78 is 27.2. The Labute approximate surface area is 123 Å². The van der Waals surface area contributed by atoms with Crippen molar-refractivity contribution in [1.82, 2.24) is 14.9 Å². The number of hydrogen-bond acceptors (Lipinski definition) is 5. The largest absolute Gasteiger partial charge is 0.314 e. The lowest BCUT2D eigenvalue weighted by molar-refractivity contribution is 0.239. The van der Waals surface area contributed by atoms with Gasteiger partial charge in [0, 0.05) is 32.7 Å². The molecule has 0 saturated carbocycles. The molecule has 0 aliphatic carbocycles. The van der Waals surface area contributed by atoms with Crippen molar-refractivity contribution in [2.75, 3.05) is 39.3 Å². The molecule has 1 saturated heterocycles. The first kappa shape index (κ1) is 15.2. The molecule has 0 atom stereocenters. The summed E-state index contributed by atoms with van der Waals surface area (Å²) in [6.07, 6.45) is 0.818. The number of sulfonamides is 1. The minimum Gasteiger partial charge on any atom is -0.314 e. The molecule has 0 aromatic carbocycles. The molecule has 0 spiro atoms. The number of piperazine rings is 1. The van der Waals surface area contributed by atoms with Gasteiger partial charge in [0.15, 0.2) is 0 Å². The predicted octanol–water partition coefficient (Wildman–Crippen LogP) is 0.975. The maximum absolute atomic E-state index is 11.9. The van der Waals surface area contributed by atoms with Crippen LogP contribution in [0.5, 0.6) is 0 Å². The van der Waals surface area contributed by atoms with Gasteiger partial charge in [0.05, 0.1) is 4.34 Å². The van der Waals surface area contributed by atoms with E-state index in [1.54, 1.807) is 6.07 Å². The third kappa shape index (κ3) is 4.70. The van der Waals surface area contributed by atoms with Crippen molar-refractivity contribution < 1.29 is 8.42 Å². The molecule has 1 aliphatic rings. The fourth-order valence-electron chi connectivity index (χ4n) is 1.96. The first-order valence-corrected chi connectivity index (χ1v) is 8.94. The van der Waals surface area contributed by atoms with E-state index < -0.39 is 10.0 Å². The van der Waals surface area contributed by atoms with Crippen molar-refractivity contribution >= 4 is 33.0 Å². The third-order valence-corrected chi connectivity index (χ3v) is 6.15. The molecular formula is C11H18ClN3O2S2. The van der Waals surface area contributed by atoms with Gasteiger partial charge in [-0.05, 0) is 25.1 Å². The van der Waals surface area contributed by atoms with Crippen LogP contribution < -0.4 is 10.0 Å². The summed E-state index contributed by atoms with van der Waals surface area (Å²) in [4.78, 5) is 2.34. The van der Waals surface area contributed by atoms with Crippen LogP contribution in [0.2, 0.25) is 4.34 Å². The van der Waals surface area contributed by atoms with E-state index in [0.29, 0.717) is 10.9 Å². The molecule has 8 heteroatoms. The van der Waals surface area contributed by atoms with E-state index in [9.17, 15) is 8.42 Å². The van der Waals surface area contributed by atoms with E-state index in [1.807, 2.05) is 0 Å². The zero-order valence-corrected chi connectivity index (χ0v) is 13.0. The fourth-order valence-corrected chi connectivity index (χ4v) is 4.56. The highest BCUT2D eigenvalue weighted by Gasteiger charge is 2.16. The Balaban J connectivity index is 1.72. The quantitative estimate of drug-likeness (QED) is 0.766. The smallest absolute Gasteiger partial charge is 0.250 e. The molecule has 108 valence electrons. The molecule has 0 bridgehead atoms. The van der Waals surface area contributed by atoms with Gasteiger partial charge in [0.2, 0.25) is 10.0 Å². The minimum absolute atomic E-state index is 0.277. The SMILES string of the molecule is O=S(=O)(NCCCN1CCNCC1)c1ccc(Cl)s1. The highest BCUT2D eigenvalue weighted by Crippen LogP contribution is 2.25. The van der Waals surface area contributed by atoms with E-state index in [0.717, 1.165) is 50.5 Å². The fraction of sp³-hybridized carbons (Fsp3) is 0.636. The Hall–Kier alpha value is -0.180. The first-order chi connectivity index (χ1) is 9.08. The van der Waals surface area contributed by atoms with Gasteiger partial charge in [-0.1, -0.05) is 11.6 Å². The summed E-state index contributed by atoms with van der Waals surface area (Å²) in [5.41, 5.74) is 0. The summed E-state index contributed by atoms with van der Waals surface area (Å²) in [5, 5.41) is 3.29. The summed E-state index contributed by atoms with van der Waals surface area (Å²) in [6, 6.07) is 3.13. The Morgan fingerprint density at radius 1 is 1.37 bits per heavy atom. The zero-order valence-electron chi connectivity index (χ0n) is 10.6. The van der Waals surface area contributed by atoms with Crippen LogP contribution in [0.3, 0.4) is 0 Å². The Kier molecular flexibility index (Phi) is 5.61. The molecule has 5 nitrogen and oxygen atoms in total. The lowest BCUT2D eigenvalue weighted by Gasteiger charge is -2.26. The molecule has 1 aliphatic heterocycles. The maximum atomic E-state index is 11.9. The molecule has 0 radical (unpaired) electrons. The van der Waals surface area contributed by atoms with Gasteiger partial charge >= 0.3 is 0 Å². The average molecular weight is 324 g/mol. The summed E-state index contributed by atoms with van der Waals surface area (Å²) in [6.45, 7) is 5.48. The number of nitrogens with one attached hydrogen (secondary N) is 2. The van der Waals surface area contributed by atoms with E-state index in [2.05, 4.69) is 14.9 Å². The van der Waals surface area contributed by atoms with Gasteiger partial charge in [-0.15, -0.1) is 11.3 Å². The molecule has 1 aromatic rings. The lowest BCUT2D eigenvalue weighted by atomic mass is 10.3. The second kappa shape index (κ2) is 7.01. The topological polar surface area (TPSA) is 61.4 Å². The normalized spacial score (nSPS) is 17.7. The van der Waals surface area contributed by atoms with Crippen molar-refractivity contribution in [3.05, 3.63) is 16.5 Å². The Bertz CT molecular complexity index is 498. The molecule has 2 rings (SSSR count). The standard InChI is InChI=1S/C11H18ClN3O2S2/c12-10-2-3-11(18-10)19(16,17)14-4-1-7-15-8-5-13-6-9-15/h2-3,13-14H,1,4-9H2. The van der Waals surface area contributed by atoms with Gasteiger partial charge in [0.25, 0.3) is 0 Å². The van der Waals surface area contributed by atoms with Crippen molar-refractivity contribution in [3.8, 4) is 0 Å². The second-order valence-corrected chi connectivity index (χ2v) is 8.11. The lowest BCUT2D eigenvalue weighted by Crippen LogP contribution is -2.44. The molecule has 1 aromatic heterocycles. The van der Waals surface area contributed by atoms with Crippen molar-refractivity contribution in [1.29, 1.82) is 0 Å². The van der Waals surface area contributed by atoms with Gasteiger partial charge in [-0.25, -0.2) is 13.1 Å². The Morgan fingerprint density at radius 2 is 2.11 bits per heavy atom. The van der Waals surface area contributed by atoms with E-state index in [1.165, 1.54) is 6.07 Å². The second-order valence-electron chi connectivity index (χ2n) is 4.40. The monoisotopic (exact) mass is 323 g/mol. The number of hydrogen-bond donors (Lipinski definition) is 2. The van der Waals surface area contributed by atoms with Crippen LogP contribution in [0.4, 0.5) is 0 Å². The molecule has 1 fully saturated rings. The Morgan fingerprint density at radius 3 is 2.74 bits per heavy atom. The average Bonchev–Trinajstić information content (AvgIpc) is 2.84. The molecular weight excluding hydrogens is 306 g/mol. The van der Waals surface area contributed by atoms with Crippen LogP contribution in [0, 0.1) is 0 Å². The van der Waals surface area contributed by atoms with Gasteiger partial charge in [0.1, 0.15) is 4.21 Å². The van der Waals surface area contributed by atoms with Crippen LogP contribution in [-0.2, 0) is 10.0 Å². The van der Waals surface area contributed by atoms with E-state index in [4.69, 9.17) is 11.6 Å². The minimum atomic E-state index is -3.39. The van der Waals surface area contributed by atoms with E-state index in [-0.39, 0.29) is 4.21 Å². The molecule has 0 unspecified atom stereocenters. The summed E-state index contributed by atoms with van der Waals surface area (Å²) in [5.74, 6) is 0. The zero-order chi connectivity index (χ0) is 13.7. The number of thiophene rings is 1. The number of rotatable bonds is 6. The third-order valence-electron chi connectivity index (χ3n) is 2.97. The summed E-state index contributed by atoms with van der Waals surface area (Å²) >= 11 is 6.82. The van der Waals surface area contributed by atoms with Gasteiger partial charge in [-0.3, -0.25) is 0 Å². The van der Waals surface area contributed by atoms with Crippen molar-refractivity contribution in [2.24, 2.45) is 0 Å². The summed E-state index contributed by atoms with van der Waals surface area (Å²) in [7, 11) is -3.39. The van der Waals surface area contributed by atoms with E-state index >= 15 is 0 Å². The highest BCUT2D eigenvalue weighted by atomic mass is 35.5.